The van der Waals surface area contributed by atoms with Crippen molar-refractivity contribution in [1.29, 1.82) is 0 Å². The van der Waals surface area contributed by atoms with Gasteiger partial charge in [0.05, 0.1) is 11.3 Å². The molecule has 206 valence electrons. The van der Waals surface area contributed by atoms with Crippen LogP contribution in [0.1, 0.15) is 10.4 Å². The molecule has 0 saturated carbocycles. The van der Waals surface area contributed by atoms with Gasteiger partial charge in [0.25, 0.3) is 11.1 Å². The van der Waals surface area contributed by atoms with E-state index in [-0.39, 0.29) is 17.6 Å². The Balaban J connectivity index is 0.997. The van der Waals surface area contributed by atoms with Gasteiger partial charge in [0.15, 0.2) is 0 Å². The van der Waals surface area contributed by atoms with Gasteiger partial charge in [-0.25, -0.2) is 0 Å². The van der Waals surface area contributed by atoms with Gasteiger partial charge in [-0.3, -0.25) is 9.59 Å². The van der Waals surface area contributed by atoms with Gasteiger partial charge in [-0.1, -0.05) is 60.3 Å². The van der Waals surface area contributed by atoms with Crippen LogP contribution in [0.3, 0.4) is 0 Å². The van der Waals surface area contributed by atoms with Crippen LogP contribution in [0.2, 0.25) is 0 Å². The number of benzene rings is 4. The quantitative estimate of drug-likeness (QED) is 0.210. The monoisotopic (exact) mass is 627 g/mol. The SMILES string of the molecule is O=C(CSc1nnc(-c2cccc3ccccc23)o1)Nc1ccc(N2CCN(C(=O)c3ccccc3Br)CC2)cc1. The van der Waals surface area contributed by atoms with Crippen LogP contribution in [0.4, 0.5) is 11.4 Å². The van der Waals surface area contributed by atoms with Gasteiger partial charge in [0.1, 0.15) is 0 Å². The number of aromatic nitrogens is 2. The summed E-state index contributed by atoms with van der Waals surface area (Å²) in [4.78, 5) is 29.6. The Labute approximate surface area is 249 Å². The molecule has 0 aliphatic carbocycles. The zero-order valence-electron chi connectivity index (χ0n) is 22.0. The topological polar surface area (TPSA) is 91.6 Å². The number of rotatable bonds is 7. The second kappa shape index (κ2) is 12.2. The summed E-state index contributed by atoms with van der Waals surface area (Å²) in [6.45, 7) is 2.77. The van der Waals surface area contributed by atoms with Crippen molar-refractivity contribution in [2.75, 3.05) is 42.1 Å². The summed E-state index contributed by atoms with van der Waals surface area (Å²) in [5.41, 5.74) is 3.31. The number of carbonyl (C=O) groups excluding carboxylic acids is 2. The Morgan fingerprint density at radius 1 is 0.854 bits per heavy atom. The Hall–Kier alpha value is -4.15. The van der Waals surface area contributed by atoms with Crippen LogP contribution < -0.4 is 10.2 Å². The molecule has 0 bridgehead atoms. The smallest absolute Gasteiger partial charge is 0.277 e. The molecule has 1 aliphatic heterocycles. The minimum Gasteiger partial charge on any atom is -0.411 e. The summed E-state index contributed by atoms with van der Waals surface area (Å²) in [5, 5.41) is 13.7. The van der Waals surface area contributed by atoms with E-state index in [0.717, 1.165) is 39.6 Å². The highest BCUT2D eigenvalue weighted by molar-refractivity contribution is 9.10. The van der Waals surface area contributed by atoms with E-state index in [1.54, 1.807) is 0 Å². The van der Waals surface area contributed by atoms with Gasteiger partial charge in [-0.05, 0) is 69.2 Å². The van der Waals surface area contributed by atoms with Gasteiger partial charge < -0.3 is 19.5 Å². The zero-order chi connectivity index (χ0) is 28.2. The number of hydrogen-bond donors (Lipinski definition) is 1. The normalized spacial score (nSPS) is 13.4. The molecule has 10 heteroatoms. The summed E-state index contributed by atoms with van der Waals surface area (Å²) in [5.74, 6) is 0.454. The molecular formula is C31H26BrN5O3S. The Morgan fingerprint density at radius 2 is 1.59 bits per heavy atom. The highest BCUT2D eigenvalue weighted by Crippen LogP contribution is 2.30. The molecule has 1 N–H and O–H groups in total. The first-order chi connectivity index (χ1) is 20.0. The van der Waals surface area contributed by atoms with Gasteiger partial charge in [-0.2, -0.15) is 0 Å². The number of nitrogens with one attached hydrogen (secondary N) is 1. The number of fused-ring (bicyclic) bond motifs is 1. The molecule has 1 aromatic heterocycles. The van der Waals surface area contributed by atoms with Crippen molar-refractivity contribution in [2.24, 2.45) is 0 Å². The molecule has 0 unspecified atom stereocenters. The third-order valence-corrected chi connectivity index (χ3v) is 8.45. The lowest BCUT2D eigenvalue weighted by Crippen LogP contribution is -2.48. The van der Waals surface area contributed by atoms with E-state index < -0.39 is 0 Å². The fourth-order valence-electron chi connectivity index (χ4n) is 4.84. The van der Waals surface area contributed by atoms with E-state index in [9.17, 15) is 9.59 Å². The van der Waals surface area contributed by atoms with Crippen molar-refractivity contribution in [1.82, 2.24) is 15.1 Å². The van der Waals surface area contributed by atoms with Crippen molar-refractivity contribution < 1.29 is 14.0 Å². The van der Waals surface area contributed by atoms with Crippen LogP contribution in [-0.2, 0) is 4.79 Å². The van der Waals surface area contributed by atoms with Crippen LogP contribution in [0.15, 0.2) is 105 Å². The standard InChI is InChI=1S/C31H26BrN5O3S/c32-27-11-4-3-9-26(27)30(39)37-18-16-36(17-19-37)23-14-12-22(13-15-23)33-28(38)20-41-31-35-34-29(40-31)25-10-5-7-21-6-1-2-8-24(21)25/h1-15H,16-20H2,(H,33,38). The molecule has 0 radical (unpaired) electrons. The maximum absolute atomic E-state index is 12.9. The molecule has 2 amide bonds. The molecule has 5 aromatic rings. The number of carbonyl (C=O) groups is 2. The van der Waals surface area contributed by atoms with Gasteiger partial charge in [0.2, 0.25) is 11.8 Å². The van der Waals surface area contributed by atoms with Crippen LogP contribution in [0.25, 0.3) is 22.2 Å². The van der Waals surface area contributed by atoms with E-state index in [1.165, 1.54) is 11.8 Å². The Kier molecular flexibility index (Phi) is 8.02. The molecule has 8 nitrogen and oxygen atoms in total. The van der Waals surface area contributed by atoms with Gasteiger partial charge in [0, 0.05) is 47.6 Å². The molecule has 6 rings (SSSR count). The highest BCUT2D eigenvalue weighted by Gasteiger charge is 2.23. The molecule has 4 aromatic carbocycles. The lowest BCUT2D eigenvalue weighted by Gasteiger charge is -2.36. The first-order valence-corrected chi connectivity index (χ1v) is 15.0. The van der Waals surface area contributed by atoms with E-state index in [0.29, 0.717) is 35.5 Å². The summed E-state index contributed by atoms with van der Waals surface area (Å²) in [6, 6.07) is 29.2. The van der Waals surface area contributed by atoms with E-state index in [2.05, 4.69) is 36.3 Å². The number of halogens is 1. The molecule has 0 atom stereocenters. The van der Waals surface area contributed by atoms with Crippen molar-refractivity contribution in [3.63, 3.8) is 0 Å². The molecule has 41 heavy (non-hydrogen) atoms. The average Bonchev–Trinajstić information content (AvgIpc) is 3.49. The summed E-state index contributed by atoms with van der Waals surface area (Å²) in [6.07, 6.45) is 0. The van der Waals surface area contributed by atoms with Gasteiger partial charge >= 0.3 is 0 Å². The maximum atomic E-state index is 12.9. The number of piperazine rings is 1. The second-order valence-electron chi connectivity index (χ2n) is 9.54. The Bertz CT molecular complexity index is 1690. The van der Waals surface area contributed by atoms with Crippen LogP contribution >= 0.6 is 27.7 Å². The lowest BCUT2D eigenvalue weighted by molar-refractivity contribution is -0.113. The minimum absolute atomic E-state index is 0.0402. The van der Waals surface area contributed by atoms with Crippen molar-refractivity contribution in [2.45, 2.75) is 5.22 Å². The molecule has 1 fully saturated rings. The van der Waals surface area contributed by atoms with Crippen LogP contribution in [0.5, 0.6) is 0 Å². The third kappa shape index (κ3) is 6.13. The average molecular weight is 629 g/mol. The second-order valence-corrected chi connectivity index (χ2v) is 11.3. The van der Waals surface area contributed by atoms with Gasteiger partial charge in [-0.15, -0.1) is 10.2 Å². The molecule has 0 spiro atoms. The number of nitrogens with zero attached hydrogens (tertiary/aromatic N) is 4. The zero-order valence-corrected chi connectivity index (χ0v) is 24.4. The lowest BCUT2D eigenvalue weighted by atomic mass is 10.0. The first kappa shape index (κ1) is 27.0. The molecule has 2 heterocycles. The van der Waals surface area contributed by atoms with E-state index in [4.69, 9.17) is 4.42 Å². The van der Waals surface area contributed by atoms with Crippen LogP contribution in [0, 0.1) is 0 Å². The maximum Gasteiger partial charge on any atom is 0.277 e. The number of hydrogen-bond acceptors (Lipinski definition) is 7. The number of thioether (sulfide) groups is 1. The fourth-order valence-corrected chi connectivity index (χ4v) is 5.86. The van der Waals surface area contributed by atoms with E-state index >= 15 is 0 Å². The number of anilines is 2. The molecule has 1 saturated heterocycles. The minimum atomic E-state index is -0.160. The molecule has 1 aliphatic rings. The summed E-state index contributed by atoms with van der Waals surface area (Å²) in [7, 11) is 0. The highest BCUT2D eigenvalue weighted by atomic mass is 79.9. The van der Waals surface area contributed by atoms with Crippen LogP contribution in [-0.4, -0.2) is 58.8 Å². The predicted molar refractivity (Wildman–Crippen MR) is 165 cm³/mol. The first-order valence-electron chi connectivity index (χ1n) is 13.2. The van der Waals surface area contributed by atoms with E-state index in [1.807, 2.05) is 95.9 Å². The summed E-state index contributed by atoms with van der Waals surface area (Å²) >= 11 is 4.67. The number of amides is 2. The van der Waals surface area contributed by atoms with Crippen molar-refractivity contribution >= 4 is 61.7 Å². The predicted octanol–water partition coefficient (Wildman–Crippen LogP) is 6.35. The fraction of sp³-hybridized carbons (Fsp3) is 0.161. The largest absolute Gasteiger partial charge is 0.411 e. The third-order valence-electron chi connectivity index (χ3n) is 6.94. The van der Waals surface area contributed by atoms with Crippen molar-refractivity contribution in [3.05, 3.63) is 101 Å². The summed E-state index contributed by atoms with van der Waals surface area (Å²) < 4.78 is 6.65. The van der Waals surface area contributed by atoms with Crippen molar-refractivity contribution in [3.8, 4) is 11.5 Å². The molecular weight excluding hydrogens is 602 g/mol. The Morgan fingerprint density at radius 3 is 2.39 bits per heavy atom.